The highest BCUT2D eigenvalue weighted by Crippen LogP contribution is 2.44. The Labute approximate surface area is 211 Å². The molecule has 190 valence electrons. The van der Waals surface area contributed by atoms with Crippen molar-refractivity contribution in [3.63, 3.8) is 0 Å². The van der Waals surface area contributed by atoms with Crippen molar-refractivity contribution in [3.8, 4) is 11.5 Å². The third-order valence-electron chi connectivity index (χ3n) is 5.95. The van der Waals surface area contributed by atoms with E-state index in [4.69, 9.17) is 30.2 Å². The van der Waals surface area contributed by atoms with Crippen LogP contribution >= 0.6 is 11.6 Å². The molecular formula is C27H41ClO5Si. The van der Waals surface area contributed by atoms with Crippen LogP contribution in [0.1, 0.15) is 56.9 Å². The molecule has 1 aliphatic rings. The van der Waals surface area contributed by atoms with E-state index in [-0.39, 0.29) is 5.97 Å². The number of ether oxygens (including phenoxy) is 3. The Balaban J connectivity index is 2.07. The number of hydrogen-bond donors (Lipinski definition) is 0. The second-order valence-electron chi connectivity index (χ2n) is 9.82. The molecule has 0 radical (unpaired) electrons. The highest BCUT2D eigenvalue weighted by atomic mass is 35.5. The maximum Gasteiger partial charge on any atom is 0.305 e. The van der Waals surface area contributed by atoms with Gasteiger partial charge in [-0.2, -0.15) is 0 Å². The van der Waals surface area contributed by atoms with Gasteiger partial charge in [0.1, 0.15) is 0 Å². The van der Waals surface area contributed by atoms with Crippen LogP contribution < -0.4 is 9.47 Å². The molecule has 1 aliphatic carbocycles. The summed E-state index contributed by atoms with van der Waals surface area (Å²) in [6.45, 7) is 6.69. The summed E-state index contributed by atoms with van der Waals surface area (Å²) < 4.78 is 22.4. The minimum absolute atomic E-state index is 0.137. The minimum Gasteiger partial charge on any atom is -0.493 e. The molecule has 7 heteroatoms. The molecule has 0 fully saturated rings. The third kappa shape index (κ3) is 8.79. The number of carbonyl (C=O) groups excluding carboxylic acids is 1. The summed E-state index contributed by atoms with van der Waals surface area (Å²) in [5, 5.41) is 0.862. The van der Waals surface area contributed by atoms with Crippen LogP contribution in [0.2, 0.25) is 19.6 Å². The molecule has 0 bridgehead atoms. The Hall–Kier alpha value is -1.76. The Kier molecular flexibility index (Phi) is 11.2. The molecule has 0 saturated carbocycles. The average Bonchev–Trinajstić information content (AvgIpc) is 3.08. The van der Waals surface area contributed by atoms with Gasteiger partial charge in [-0.25, -0.2) is 0 Å². The third-order valence-corrected chi connectivity index (χ3v) is 7.17. The number of allylic oxidation sites excluding steroid dienone is 2. The molecule has 5 nitrogen and oxygen atoms in total. The fraction of sp³-hybridized carbons (Fsp3) is 0.593. The maximum absolute atomic E-state index is 11.3. The van der Waals surface area contributed by atoms with Gasteiger partial charge in [-0.05, 0) is 87.5 Å². The predicted octanol–water partition coefficient (Wildman–Crippen LogP) is 7.19. The smallest absolute Gasteiger partial charge is 0.305 e. The molecule has 0 amide bonds. The van der Waals surface area contributed by atoms with Gasteiger partial charge in [-0.1, -0.05) is 30.2 Å². The fourth-order valence-corrected chi connectivity index (χ4v) is 6.16. The van der Waals surface area contributed by atoms with Gasteiger partial charge in [0.15, 0.2) is 19.8 Å². The molecule has 0 spiro atoms. The quantitative estimate of drug-likeness (QED) is 0.115. The molecule has 0 N–H and O–H groups in total. The number of halogens is 1. The first-order chi connectivity index (χ1) is 16.1. The van der Waals surface area contributed by atoms with E-state index < -0.39 is 13.9 Å². The summed E-state index contributed by atoms with van der Waals surface area (Å²) in [6.07, 6.45) is 12.3. The van der Waals surface area contributed by atoms with E-state index in [2.05, 4.69) is 37.9 Å². The van der Waals surface area contributed by atoms with Crippen molar-refractivity contribution in [2.24, 2.45) is 0 Å². The summed E-state index contributed by atoms with van der Waals surface area (Å²) >= 11 is 6.58. The number of benzene rings is 1. The van der Waals surface area contributed by atoms with Crippen LogP contribution in [0.3, 0.4) is 0 Å². The SMILES string of the molecule is COC(=O)CCCCC/C=C1\CC(Cl)=CC1(CCCc1ccc(OC)c(OC)c1)O[Si](C)(C)C. The van der Waals surface area contributed by atoms with E-state index in [9.17, 15) is 4.79 Å². The van der Waals surface area contributed by atoms with Crippen molar-refractivity contribution < 1.29 is 23.4 Å². The van der Waals surface area contributed by atoms with Gasteiger partial charge in [-0.15, -0.1) is 0 Å². The highest BCUT2D eigenvalue weighted by Gasteiger charge is 2.41. The first-order valence-electron chi connectivity index (χ1n) is 12.2. The van der Waals surface area contributed by atoms with Crippen LogP contribution in [0.15, 0.2) is 41.0 Å². The lowest BCUT2D eigenvalue weighted by atomic mass is 9.89. The summed E-state index contributed by atoms with van der Waals surface area (Å²) in [5.74, 6) is 1.36. The molecule has 1 atom stereocenters. The van der Waals surface area contributed by atoms with Crippen molar-refractivity contribution in [1.29, 1.82) is 0 Å². The van der Waals surface area contributed by atoms with E-state index in [1.807, 2.05) is 12.1 Å². The van der Waals surface area contributed by atoms with Crippen LogP contribution in [0.5, 0.6) is 11.5 Å². The number of aryl methyl sites for hydroxylation is 1. The number of esters is 1. The number of rotatable bonds is 14. The number of unbranched alkanes of at least 4 members (excludes halogenated alkanes) is 3. The van der Waals surface area contributed by atoms with Gasteiger partial charge < -0.3 is 18.6 Å². The van der Waals surface area contributed by atoms with Crippen LogP contribution in [0.4, 0.5) is 0 Å². The van der Waals surface area contributed by atoms with Crippen molar-refractivity contribution in [3.05, 3.63) is 46.5 Å². The van der Waals surface area contributed by atoms with Crippen LogP contribution in [0, 0.1) is 0 Å². The van der Waals surface area contributed by atoms with Crippen LogP contribution in [-0.2, 0) is 20.4 Å². The van der Waals surface area contributed by atoms with Gasteiger partial charge in [-0.3, -0.25) is 4.79 Å². The van der Waals surface area contributed by atoms with E-state index in [0.717, 1.165) is 67.9 Å². The molecular weight excluding hydrogens is 468 g/mol. The monoisotopic (exact) mass is 508 g/mol. The van der Waals surface area contributed by atoms with E-state index in [0.29, 0.717) is 6.42 Å². The molecule has 1 unspecified atom stereocenters. The maximum atomic E-state index is 11.3. The Morgan fingerprint density at radius 2 is 1.79 bits per heavy atom. The fourth-order valence-electron chi connectivity index (χ4n) is 4.46. The summed E-state index contributed by atoms with van der Waals surface area (Å²) in [7, 11) is 2.92. The molecule has 0 aromatic heterocycles. The molecule has 34 heavy (non-hydrogen) atoms. The molecule has 0 aliphatic heterocycles. The number of methoxy groups -OCH3 is 3. The molecule has 1 aromatic carbocycles. The lowest BCUT2D eigenvalue weighted by molar-refractivity contribution is -0.140. The Bertz CT molecular complexity index is 874. The molecule has 1 aromatic rings. The Morgan fingerprint density at radius 3 is 2.44 bits per heavy atom. The van der Waals surface area contributed by atoms with E-state index >= 15 is 0 Å². The second kappa shape index (κ2) is 13.4. The van der Waals surface area contributed by atoms with Crippen molar-refractivity contribution in [1.82, 2.24) is 0 Å². The first-order valence-corrected chi connectivity index (χ1v) is 16.0. The lowest BCUT2D eigenvalue weighted by Gasteiger charge is -2.37. The molecule has 0 heterocycles. The zero-order valence-electron chi connectivity index (χ0n) is 21.7. The topological polar surface area (TPSA) is 54.0 Å². The molecule has 0 saturated heterocycles. The van der Waals surface area contributed by atoms with E-state index in [1.54, 1.807) is 14.2 Å². The van der Waals surface area contributed by atoms with Gasteiger partial charge in [0, 0.05) is 17.9 Å². The van der Waals surface area contributed by atoms with Gasteiger partial charge in [0.2, 0.25) is 0 Å². The van der Waals surface area contributed by atoms with Gasteiger partial charge in [0.05, 0.1) is 26.9 Å². The van der Waals surface area contributed by atoms with Crippen LogP contribution in [-0.4, -0.2) is 41.2 Å². The minimum atomic E-state index is -1.83. The normalized spacial score (nSPS) is 19.3. The van der Waals surface area contributed by atoms with Crippen molar-refractivity contribution in [2.75, 3.05) is 21.3 Å². The summed E-state index contributed by atoms with van der Waals surface area (Å²) in [4.78, 5) is 11.3. The molecule has 2 rings (SSSR count). The summed E-state index contributed by atoms with van der Waals surface area (Å²) in [5.41, 5.74) is 2.06. The zero-order valence-corrected chi connectivity index (χ0v) is 23.4. The Morgan fingerprint density at radius 1 is 1.06 bits per heavy atom. The second-order valence-corrected chi connectivity index (χ2v) is 14.7. The van der Waals surface area contributed by atoms with Crippen molar-refractivity contribution >= 4 is 25.9 Å². The zero-order chi connectivity index (χ0) is 25.2. The van der Waals surface area contributed by atoms with Crippen LogP contribution in [0.25, 0.3) is 0 Å². The number of carbonyl (C=O) groups is 1. The standard InChI is InChI=1S/C27H41ClO5Si/c1-30-24-16-15-21(18-25(24)31-2)12-11-17-27(33-34(4,5)6)20-23(28)19-22(27)13-9-7-8-10-14-26(29)32-3/h13,15-16,18,20H,7-12,14,17,19H2,1-6H3/b22-13+. The average molecular weight is 509 g/mol. The summed E-state index contributed by atoms with van der Waals surface area (Å²) in [6, 6.07) is 6.10. The van der Waals surface area contributed by atoms with Gasteiger partial charge in [0.25, 0.3) is 0 Å². The van der Waals surface area contributed by atoms with Crippen molar-refractivity contribution in [2.45, 2.75) is 83.0 Å². The highest BCUT2D eigenvalue weighted by molar-refractivity contribution is 6.69. The lowest BCUT2D eigenvalue weighted by Crippen LogP contribution is -2.41. The van der Waals surface area contributed by atoms with Gasteiger partial charge >= 0.3 is 5.97 Å². The predicted molar refractivity (Wildman–Crippen MR) is 141 cm³/mol. The van der Waals surface area contributed by atoms with E-state index in [1.165, 1.54) is 18.2 Å². The first kappa shape index (κ1) is 28.5. The number of hydrogen-bond acceptors (Lipinski definition) is 5. The largest absolute Gasteiger partial charge is 0.493 e.